The summed E-state index contributed by atoms with van der Waals surface area (Å²) in [6, 6.07) is 5.10. The Morgan fingerprint density at radius 2 is 2.15 bits per heavy atom. The van der Waals surface area contributed by atoms with E-state index in [0.29, 0.717) is 22.3 Å². The Hall–Kier alpha value is -1.01. The lowest BCUT2D eigenvalue weighted by Gasteiger charge is -2.24. The molecule has 1 aromatic rings. The molecule has 0 aromatic heterocycles. The summed E-state index contributed by atoms with van der Waals surface area (Å²) in [7, 11) is 3.99. The zero-order chi connectivity index (χ0) is 14.7. The minimum Gasteiger partial charge on any atom is -0.448 e. The molecule has 0 bridgehead atoms. The minimum atomic E-state index is -0.494. The molecular formula is C13H17Cl2N3O2. The first-order valence-corrected chi connectivity index (χ1v) is 7.05. The third-order valence-electron chi connectivity index (χ3n) is 3.43. The zero-order valence-electron chi connectivity index (χ0n) is 11.4. The summed E-state index contributed by atoms with van der Waals surface area (Å²) in [5, 5.41) is 7.64. The van der Waals surface area contributed by atoms with Crippen LogP contribution < -0.4 is 5.32 Å². The maximum Gasteiger partial charge on any atom is 0.411 e. The van der Waals surface area contributed by atoms with Crippen molar-refractivity contribution in [1.82, 2.24) is 10.0 Å². The van der Waals surface area contributed by atoms with Crippen molar-refractivity contribution >= 4 is 35.0 Å². The van der Waals surface area contributed by atoms with E-state index in [1.807, 2.05) is 14.1 Å². The van der Waals surface area contributed by atoms with E-state index >= 15 is 0 Å². The van der Waals surface area contributed by atoms with Crippen LogP contribution in [0.4, 0.5) is 10.5 Å². The number of amides is 1. The van der Waals surface area contributed by atoms with Crippen molar-refractivity contribution in [2.24, 2.45) is 0 Å². The Balaban J connectivity index is 1.82. The average molecular weight is 318 g/mol. The summed E-state index contributed by atoms with van der Waals surface area (Å²) < 4.78 is 5.22. The highest BCUT2D eigenvalue weighted by molar-refractivity contribution is 6.42. The summed E-state index contributed by atoms with van der Waals surface area (Å²) in [6.45, 7) is 1.33. The quantitative estimate of drug-likeness (QED) is 0.930. The fourth-order valence-corrected chi connectivity index (χ4v) is 2.35. The summed E-state index contributed by atoms with van der Waals surface area (Å²) in [5.74, 6) is 0. The van der Waals surface area contributed by atoms with Crippen LogP contribution in [0.3, 0.4) is 0 Å². The van der Waals surface area contributed by atoms with Gasteiger partial charge in [-0.2, -0.15) is 0 Å². The Morgan fingerprint density at radius 1 is 1.40 bits per heavy atom. The van der Waals surface area contributed by atoms with Gasteiger partial charge in [-0.3, -0.25) is 5.32 Å². The molecule has 0 radical (unpaired) electrons. The predicted octanol–water partition coefficient (Wildman–Crippen LogP) is 3.09. The summed E-state index contributed by atoms with van der Waals surface area (Å²) >= 11 is 11.7. The van der Waals surface area contributed by atoms with E-state index in [0.717, 1.165) is 13.0 Å². The average Bonchev–Trinajstić information content (AvgIpc) is 2.72. The lowest BCUT2D eigenvalue weighted by atomic mass is 10.2. The van der Waals surface area contributed by atoms with Gasteiger partial charge in [-0.25, -0.2) is 14.8 Å². The molecule has 20 heavy (non-hydrogen) atoms. The number of benzene rings is 1. The summed E-state index contributed by atoms with van der Waals surface area (Å²) in [6.07, 6.45) is 0.485. The van der Waals surface area contributed by atoms with Gasteiger partial charge in [0.2, 0.25) is 0 Å². The number of hydrogen-bond acceptors (Lipinski definition) is 4. The van der Waals surface area contributed by atoms with Gasteiger partial charge in [-0.1, -0.05) is 23.2 Å². The highest BCUT2D eigenvalue weighted by atomic mass is 35.5. The number of halogens is 2. The first-order valence-electron chi connectivity index (χ1n) is 6.30. The Bertz CT molecular complexity index is 499. The van der Waals surface area contributed by atoms with Gasteiger partial charge in [0, 0.05) is 26.3 Å². The fraction of sp³-hybridized carbons (Fsp3) is 0.462. The molecule has 1 aromatic carbocycles. The van der Waals surface area contributed by atoms with Crippen molar-refractivity contribution in [3.05, 3.63) is 28.2 Å². The number of nitrogens with zero attached hydrogens (tertiary/aromatic N) is 2. The molecule has 0 saturated carbocycles. The van der Waals surface area contributed by atoms with Gasteiger partial charge in [0.1, 0.15) is 6.61 Å². The van der Waals surface area contributed by atoms with Crippen molar-refractivity contribution in [3.63, 3.8) is 0 Å². The Kier molecular flexibility index (Phi) is 5.10. The van der Waals surface area contributed by atoms with Gasteiger partial charge in [0.25, 0.3) is 0 Å². The standard InChI is InChI=1S/C13H17Cl2N3O2/c1-17-6-5-10(18(17)2)8-20-13(19)16-9-3-4-11(14)12(15)7-9/h3-4,7,10H,5-6,8H2,1-2H3,(H,16,19). The Labute approximate surface area is 128 Å². The first-order chi connectivity index (χ1) is 9.47. The van der Waals surface area contributed by atoms with Crippen LogP contribution in [0, 0.1) is 0 Å². The molecule has 1 amide bonds. The molecule has 1 N–H and O–H groups in total. The molecule has 110 valence electrons. The van der Waals surface area contributed by atoms with Crippen molar-refractivity contribution < 1.29 is 9.53 Å². The maximum atomic E-state index is 11.7. The van der Waals surface area contributed by atoms with Gasteiger partial charge in [0.15, 0.2) is 0 Å². The van der Waals surface area contributed by atoms with E-state index in [9.17, 15) is 4.79 Å². The van der Waals surface area contributed by atoms with E-state index in [2.05, 4.69) is 15.3 Å². The number of carbonyl (C=O) groups is 1. The lowest BCUT2D eigenvalue weighted by molar-refractivity contribution is 0.0266. The molecule has 1 unspecified atom stereocenters. The second kappa shape index (κ2) is 6.63. The van der Waals surface area contributed by atoms with E-state index in [4.69, 9.17) is 27.9 Å². The number of ether oxygens (including phenoxy) is 1. The van der Waals surface area contributed by atoms with Crippen molar-refractivity contribution in [3.8, 4) is 0 Å². The highest BCUT2D eigenvalue weighted by Gasteiger charge is 2.26. The summed E-state index contributed by atoms with van der Waals surface area (Å²) in [4.78, 5) is 11.7. The van der Waals surface area contributed by atoms with Crippen LogP contribution in [0.5, 0.6) is 0 Å². The normalized spacial score (nSPS) is 20.1. The number of anilines is 1. The van der Waals surface area contributed by atoms with Crippen molar-refractivity contribution in [2.75, 3.05) is 32.6 Å². The Morgan fingerprint density at radius 3 is 2.75 bits per heavy atom. The van der Waals surface area contributed by atoms with Gasteiger partial charge >= 0.3 is 6.09 Å². The van der Waals surface area contributed by atoms with Gasteiger partial charge in [0.05, 0.1) is 16.1 Å². The van der Waals surface area contributed by atoms with Gasteiger partial charge in [-0.15, -0.1) is 0 Å². The topological polar surface area (TPSA) is 44.8 Å². The lowest BCUT2D eigenvalue weighted by Crippen LogP contribution is -2.38. The number of nitrogens with one attached hydrogen (secondary N) is 1. The third-order valence-corrected chi connectivity index (χ3v) is 4.16. The molecule has 0 spiro atoms. The van der Waals surface area contributed by atoms with Crippen LogP contribution in [0.15, 0.2) is 18.2 Å². The van der Waals surface area contributed by atoms with Crippen LogP contribution >= 0.6 is 23.2 Å². The second-order valence-corrected chi connectivity index (χ2v) is 5.56. The zero-order valence-corrected chi connectivity index (χ0v) is 12.9. The van der Waals surface area contributed by atoms with Crippen LogP contribution in [0.2, 0.25) is 10.0 Å². The molecule has 7 heteroatoms. The van der Waals surface area contributed by atoms with E-state index in [-0.39, 0.29) is 6.04 Å². The number of rotatable bonds is 3. The van der Waals surface area contributed by atoms with Gasteiger partial charge < -0.3 is 4.74 Å². The van der Waals surface area contributed by atoms with E-state index in [1.165, 1.54) is 0 Å². The number of hydrogen-bond donors (Lipinski definition) is 1. The van der Waals surface area contributed by atoms with Crippen LogP contribution in [0.25, 0.3) is 0 Å². The van der Waals surface area contributed by atoms with Crippen LogP contribution in [0.1, 0.15) is 6.42 Å². The monoisotopic (exact) mass is 317 g/mol. The van der Waals surface area contributed by atoms with Crippen molar-refractivity contribution in [2.45, 2.75) is 12.5 Å². The SMILES string of the molecule is CN1CCC(COC(=O)Nc2ccc(Cl)c(Cl)c2)N1C. The molecular weight excluding hydrogens is 301 g/mol. The molecule has 5 nitrogen and oxygen atoms in total. The molecule has 2 rings (SSSR count). The predicted molar refractivity (Wildman–Crippen MR) is 80.2 cm³/mol. The number of likely N-dealkylation sites (N-methyl/N-ethyl adjacent to an activating group) is 1. The van der Waals surface area contributed by atoms with Crippen LogP contribution in [-0.2, 0) is 4.74 Å². The smallest absolute Gasteiger partial charge is 0.411 e. The molecule has 1 aliphatic rings. The molecule has 0 aliphatic carbocycles. The molecule has 1 saturated heterocycles. The third kappa shape index (κ3) is 3.76. The molecule has 1 fully saturated rings. The minimum absolute atomic E-state index is 0.222. The van der Waals surface area contributed by atoms with Gasteiger partial charge in [-0.05, 0) is 24.6 Å². The molecule has 1 aliphatic heterocycles. The fourth-order valence-electron chi connectivity index (χ4n) is 2.05. The largest absolute Gasteiger partial charge is 0.448 e. The van der Waals surface area contributed by atoms with Crippen LogP contribution in [-0.4, -0.2) is 49.4 Å². The number of hydrazine groups is 1. The highest BCUT2D eigenvalue weighted by Crippen LogP contribution is 2.25. The summed E-state index contributed by atoms with van der Waals surface area (Å²) in [5.41, 5.74) is 0.557. The second-order valence-electron chi connectivity index (χ2n) is 4.75. The maximum absolute atomic E-state index is 11.7. The van der Waals surface area contributed by atoms with E-state index < -0.39 is 6.09 Å². The molecule has 1 atom stereocenters. The first kappa shape index (κ1) is 15.4. The molecule has 1 heterocycles. The van der Waals surface area contributed by atoms with Crippen molar-refractivity contribution in [1.29, 1.82) is 0 Å². The van der Waals surface area contributed by atoms with E-state index in [1.54, 1.807) is 18.2 Å². The number of carbonyl (C=O) groups excluding carboxylic acids is 1.